The highest BCUT2D eigenvalue weighted by Crippen LogP contribution is 2.34. The summed E-state index contributed by atoms with van der Waals surface area (Å²) >= 11 is 0.258. The molecule has 0 saturated carbocycles. The first-order valence-corrected chi connectivity index (χ1v) is 11.6. The molecule has 1 aliphatic rings. The van der Waals surface area contributed by atoms with Gasteiger partial charge in [-0.05, 0) is 39.5 Å². The molecule has 0 radical (unpaired) electrons. The summed E-state index contributed by atoms with van der Waals surface area (Å²) in [5, 5.41) is 7.98. The number of alkyl halides is 3. The van der Waals surface area contributed by atoms with Crippen LogP contribution in [-0.4, -0.2) is 64.3 Å². The minimum absolute atomic E-state index is 0.170. The number of halogens is 3. The topological polar surface area (TPSA) is 105 Å². The first-order chi connectivity index (χ1) is 15.6. The second kappa shape index (κ2) is 10.7. The number of carbonyl (C=O) groups is 3. The molecule has 2 rings (SSSR count). The van der Waals surface area contributed by atoms with Gasteiger partial charge in [0.15, 0.2) is 0 Å². The van der Waals surface area contributed by atoms with Crippen LogP contribution in [0.5, 0.6) is 0 Å². The van der Waals surface area contributed by atoms with Gasteiger partial charge in [-0.2, -0.15) is 13.2 Å². The summed E-state index contributed by atoms with van der Waals surface area (Å²) in [6.45, 7) is 9.51. The van der Waals surface area contributed by atoms with E-state index in [4.69, 9.17) is 4.74 Å². The van der Waals surface area contributed by atoms with Gasteiger partial charge < -0.3 is 10.1 Å². The van der Waals surface area contributed by atoms with Gasteiger partial charge in [0.05, 0.1) is 0 Å². The molecular formula is C21H30F3N5O4S. The maximum absolute atomic E-state index is 12.8. The third kappa shape index (κ3) is 7.67. The van der Waals surface area contributed by atoms with E-state index in [0.29, 0.717) is 19.4 Å². The molecule has 1 N–H and O–H groups in total. The van der Waals surface area contributed by atoms with E-state index in [-0.39, 0.29) is 28.3 Å². The van der Waals surface area contributed by atoms with E-state index in [2.05, 4.69) is 15.5 Å². The molecule has 2 atom stereocenters. The monoisotopic (exact) mass is 505 g/mol. The van der Waals surface area contributed by atoms with Crippen LogP contribution in [0.15, 0.2) is 12.2 Å². The molecule has 3 amide bonds. The Hall–Kier alpha value is -2.70. The molecule has 1 fully saturated rings. The summed E-state index contributed by atoms with van der Waals surface area (Å²) in [7, 11) is 1.29. The lowest BCUT2D eigenvalue weighted by Gasteiger charge is -2.40. The van der Waals surface area contributed by atoms with Crippen LogP contribution in [0.2, 0.25) is 0 Å². The van der Waals surface area contributed by atoms with Gasteiger partial charge in [-0.3, -0.25) is 19.4 Å². The number of nitrogens with zero attached hydrogens (tertiary/aromatic N) is 4. The average molecular weight is 506 g/mol. The van der Waals surface area contributed by atoms with Gasteiger partial charge in [-0.1, -0.05) is 31.3 Å². The number of anilines is 1. The summed E-state index contributed by atoms with van der Waals surface area (Å²) in [5.41, 5.74) is -0.684. The number of ether oxygens (including phenoxy) is 1. The lowest BCUT2D eigenvalue weighted by atomic mass is 10.00. The predicted octanol–water partition coefficient (Wildman–Crippen LogP) is 3.62. The van der Waals surface area contributed by atoms with E-state index < -0.39 is 40.9 Å². The van der Waals surface area contributed by atoms with Crippen molar-refractivity contribution < 1.29 is 32.3 Å². The number of likely N-dealkylation sites (N-methyl/N-ethyl adjacent to an activating group) is 1. The minimum atomic E-state index is -4.64. The lowest BCUT2D eigenvalue weighted by Crippen LogP contribution is -2.60. The molecule has 13 heteroatoms. The van der Waals surface area contributed by atoms with Gasteiger partial charge in [0, 0.05) is 25.7 Å². The van der Waals surface area contributed by atoms with Crippen LogP contribution in [0, 0.1) is 5.92 Å². The Bertz CT molecular complexity index is 926. The number of likely N-dealkylation sites (tertiary alicyclic amines) is 1. The zero-order valence-corrected chi connectivity index (χ0v) is 20.8. The Balaban J connectivity index is 2.03. The van der Waals surface area contributed by atoms with Crippen molar-refractivity contribution in [1.82, 2.24) is 20.4 Å². The number of nitrogens with one attached hydrogen (secondary N) is 1. The Morgan fingerprint density at radius 2 is 1.91 bits per heavy atom. The van der Waals surface area contributed by atoms with Crippen LogP contribution in [0.4, 0.5) is 23.1 Å². The van der Waals surface area contributed by atoms with Crippen molar-refractivity contribution in [3.8, 4) is 0 Å². The SMILES string of the molecule is CC(C)C[C@@H](/C=C/C(=O)N(C)c1nnc(C(F)(F)F)s1)NC(=O)C1CCN1C(=O)OC(C)(C)C. The fourth-order valence-electron chi connectivity index (χ4n) is 3.04. The highest BCUT2D eigenvalue weighted by atomic mass is 32.1. The first kappa shape index (κ1) is 27.5. The van der Waals surface area contributed by atoms with Gasteiger partial charge in [0.2, 0.25) is 16.0 Å². The molecule has 34 heavy (non-hydrogen) atoms. The summed E-state index contributed by atoms with van der Waals surface area (Å²) in [6.07, 6.45) is -1.55. The fraction of sp³-hybridized carbons (Fsp3) is 0.667. The van der Waals surface area contributed by atoms with E-state index in [1.165, 1.54) is 24.1 Å². The summed E-state index contributed by atoms with van der Waals surface area (Å²) < 4.78 is 43.5. The molecule has 1 aromatic heterocycles. The summed E-state index contributed by atoms with van der Waals surface area (Å²) in [6, 6.07) is -1.19. The second-order valence-corrected chi connectivity index (χ2v) is 10.3. The number of hydrogen-bond acceptors (Lipinski definition) is 7. The van der Waals surface area contributed by atoms with E-state index in [1.54, 1.807) is 20.8 Å². The van der Waals surface area contributed by atoms with Crippen molar-refractivity contribution in [3.05, 3.63) is 17.2 Å². The smallest absolute Gasteiger partial charge is 0.444 e. The first-order valence-electron chi connectivity index (χ1n) is 10.7. The third-order valence-corrected chi connectivity index (χ3v) is 5.79. The van der Waals surface area contributed by atoms with Crippen molar-refractivity contribution in [2.45, 2.75) is 71.3 Å². The van der Waals surface area contributed by atoms with Crippen LogP contribution in [-0.2, 0) is 20.5 Å². The molecule has 0 spiro atoms. The minimum Gasteiger partial charge on any atom is -0.444 e. The van der Waals surface area contributed by atoms with Crippen molar-refractivity contribution in [2.75, 3.05) is 18.5 Å². The largest absolute Gasteiger partial charge is 0.445 e. The zero-order chi connectivity index (χ0) is 25.8. The number of rotatable bonds is 7. The van der Waals surface area contributed by atoms with Crippen molar-refractivity contribution in [1.29, 1.82) is 0 Å². The molecule has 1 saturated heterocycles. The molecule has 190 valence electrons. The normalized spacial score (nSPS) is 17.5. The van der Waals surface area contributed by atoms with Crippen molar-refractivity contribution in [3.63, 3.8) is 0 Å². The highest BCUT2D eigenvalue weighted by molar-refractivity contribution is 7.15. The summed E-state index contributed by atoms with van der Waals surface area (Å²) in [5.74, 6) is -0.817. The predicted molar refractivity (Wildman–Crippen MR) is 120 cm³/mol. The van der Waals surface area contributed by atoms with Crippen molar-refractivity contribution in [2.24, 2.45) is 5.92 Å². The number of amides is 3. The molecule has 1 unspecified atom stereocenters. The van der Waals surface area contributed by atoms with Gasteiger partial charge in [0.25, 0.3) is 5.91 Å². The standard InChI is InChI=1S/C21H30F3N5O4S/c1-12(2)11-13(25-16(31)14-9-10-29(14)19(32)33-20(3,4)5)7-8-15(30)28(6)18-27-26-17(34-18)21(22,23)24/h7-8,12-14H,9-11H2,1-6H3,(H,25,31)/b8-7+/t13-,14?/m1/s1. The summed E-state index contributed by atoms with van der Waals surface area (Å²) in [4.78, 5) is 39.8. The third-order valence-electron chi connectivity index (χ3n) is 4.75. The fourth-order valence-corrected chi connectivity index (χ4v) is 3.72. The van der Waals surface area contributed by atoms with Gasteiger partial charge >= 0.3 is 12.3 Å². The Morgan fingerprint density at radius 1 is 1.26 bits per heavy atom. The Labute approximate surface area is 200 Å². The van der Waals surface area contributed by atoms with Crippen molar-refractivity contribution >= 4 is 34.4 Å². The average Bonchev–Trinajstić information content (AvgIpc) is 3.12. The molecular weight excluding hydrogens is 475 g/mol. The molecule has 9 nitrogen and oxygen atoms in total. The molecule has 1 aliphatic heterocycles. The zero-order valence-electron chi connectivity index (χ0n) is 20.0. The van der Waals surface area contributed by atoms with Gasteiger partial charge in [-0.25, -0.2) is 4.79 Å². The van der Waals surface area contributed by atoms with E-state index in [9.17, 15) is 27.6 Å². The van der Waals surface area contributed by atoms with Crippen LogP contribution in [0.3, 0.4) is 0 Å². The maximum Gasteiger partial charge on any atom is 0.445 e. The lowest BCUT2D eigenvalue weighted by molar-refractivity contribution is -0.138. The Morgan fingerprint density at radius 3 is 2.38 bits per heavy atom. The van der Waals surface area contributed by atoms with Gasteiger partial charge in [0.1, 0.15) is 11.6 Å². The van der Waals surface area contributed by atoms with E-state index >= 15 is 0 Å². The highest BCUT2D eigenvalue weighted by Gasteiger charge is 2.40. The molecule has 0 bridgehead atoms. The molecule has 2 heterocycles. The van der Waals surface area contributed by atoms with Crippen LogP contribution in [0.1, 0.15) is 52.5 Å². The van der Waals surface area contributed by atoms with Crippen LogP contribution in [0.25, 0.3) is 0 Å². The molecule has 0 aliphatic carbocycles. The van der Waals surface area contributed by atoms with Crippen LogP contribution < -0.4 is 10.2 Å². The molecule has 1 aromatic rings. The van der Waals surface area contributed by atoms with Crippen LogP contribution >= 0.6 is 11.3 Å². The molecule has 0 aromatic carbocycles. The quantitative estimate of drug-likeness (QED) is 0.568. The maximum atomic E-state index is 12.8. The van der Waals surface area contributed by atoms with E-state index in [1.807, 2.05) is 13.8 Å². The number of hydrogen-bond donors (Lipinski definition) is 1. The number of aromatic nitrogens is 2. The second-order valence-electron chi connectivity index (χ2n) is 9.37. The van der Waals surface area contributed by atoms with Gasteiger partial charge in [-0.15, -0.1) is 10.2 Å². The number of carbonyl (C=O) groups excluding carboxylic acids is 3. The van der Waals surface area contributed by atoms with E-state index in [0.717, 1.165) is 4.90 Å². The Kier molecular flexibility index (Phi) is 8.67.